The van der Waals surface area contributed by atoms with E-state index in [2.05, 4.69) is 30.9 Å². The number of fused-ring (bicyclic) bond motifs is 1. The molecule has 3 aliphatic rings. The van der Waals surface area contributed by atoms with Crippen LogP contribution >= 0.6 is 27.7 Å². The SMILES string of the molecule is N=C1/C(=C/c2ccc(-c3ccc(Br)cc3)o2)C(=O)N=C2SC(N3CCCC3)=NN12. The predicted octanol–water partition coefficient (Wildman–Crippen LogP) is 4.38. The van der Waals surface area contributed by atoms with Gasteiger partial charge in [0.15, 0.2) is 11.0 Å². The van der Waals surface area contributed by atoms with Crippen molar-refractivity contribution >= 4 is 55.8 Å². The largest absolute Gasteiger partial charge is 0.457 e. The number of halogens is 1. The molecule has 1 N–H and O–H groups in total. The summed E-state index contributed by atoms with van der Waals surface area (Å²) in [5, 5.41) is 15.7. The number of rotatable bonds is 2. The molecule has 0 spiro atoms. The lowest BCUT2D eigenvalue weighted by Gasteiger charge is -2.19. The summed E-state index contributed by atoms with van der Waals surface area (Å²) in [7, 11) is 0. The number of benzene rings is 1. The van der Waals surface area contributed by atoms with Gasteiger partial charge in [-0.2, -0.15) is 10.0 Å². The fraction of sp³-hybridized carbons (Fsp3) is 0.200. The minimum Gasteiger partial charge on any atom is -0.457 e. The van der Waals surface area contributed by atoms with E-state index < -0.39 is 5.91 Å². The highest BCUT2D eigenvalue weighted by atomic mass is 79.9. The third-order valence-electron chi connectivity index (χ3n) is 4.86. The number of carbonyl (C=O) groups excluding carboxylic acids is 1. The van der Waals surface area contributed by atoms with Gasteiger partial charge in [0.05, 0.1) is 5.57 Å². The number of hydrazone groups is 1. The van der Waals surface area contributed by atoms with Crippen molar-refractivity contribution in [1.29, 1.82) is 5.41 Å². The van der Waals surface area contributed by atoms with Gasteiger partial charge in [-0.05, 0) is 54.9 Å². The van der Waals surface area contributed by atoms with Gasteiger partial charge >= 0.3 is 0 Å². The second-order valence-corrected chi connectivity index (χ2v) is 8.66. The highest BCUT2D eigenvalue weighted by Gasteiger charge is 2.37. The first-order chi connectivity index (χ1) is 14.1. The molecule has 0 atom stereocenters. The molecule has 2 aromatic rings. The molecule has 0 radical (unpaired) electrons. The number of aliphatic imine (C=N–C) groups is 1. The summed E-state index contributed by atoms with van der Waals surface area (Å²) in [4.78, 5) is 18.9. The monoisotopic (exact) mass is 469 g/mol. The van der Waals surface area contributed by atoms with Gasteiger partial charge < -0.3 is 9.32 Å². The molecule has 146 valence electrons. The Labute approximate surface area is 179 Å². The number of amidine groups is 3. The summed E-state index contributed by atoms with van der Waals surface area (Å²) in [5.41, 5.74) is 1.09. The average molecular weight is 470 g/mol. The molecule has 7 nitrogen and oxygen atoms in total. The van der Waals surface area contributed by atoms with Crippen molar-refractivity contribution in [2.75, 3.05) is 13.1 Å². The van der Waals surface area contributed by atoms with E-state index in [-0.39, 0.29) is 11.4 Å². The van der Waals surface area contributed by atoms with E-state index >= 15 is 0 Å². The van der Waals surface area contributed by atoms with Crippen LogP contribution in [0.3, 0.4) is 0 Å². The first-order valence-corrected chi connectivity index (χ1v) is 10.8. The molecule has 0 saturated carbocycles. The first kappa shape index (κ1) is 18.4. The third kappa shape index (κ3) is 3.44. The normalized spacial score (nSPS) is 20.4. The Kier molecular flexibility index (Phi) is 4.63. The van der Waals surface area contributed by atoms with E-state index in [4.69, 9.17) is 9.83 Å². The fourth-order valence-corrected chi connectivity index (χ4v) is 4.57. The average Bonchev–Trinajstić information content (AvgIpc) is 3.46. The van der Waals surface area contributed by atoms with Crippen LogP contribution in [0.25, 0.3) is 17.4 Å². The van der Waals surface area contributed by atoms with Gasteiger partial charge in [-0.3, -0.25) is 10.2 Å². The number of nitrogens with zero attached hydrogens (tertiary/aromatic N) is 4. The van der Waals surface area contributed by atoms with Crippen molar-refractivity contribution in [2.45, 2.75) is 12.8 Å². The van der Waals surface area contributed by atoms with Crippen LogP contribution in [0, 0.1) is 5.41 Å². The smallest absolute Gasteiger partial charge is 0.283 e. The van der Waals surface area contributed by atoms with E-state index in [0.717, 1.165) is 41.1 Å². The number of hydrogen-bond donors (Lipinski definition) is 1. The molecular weight excluding hydrogens is 454 g/mol. The van der Waals surface area contributed by atoms with E-state index in [0.29, 0.717) is 16.7 Å². The zero-order chi connectivity index (χ0) is 20.0. The highest BCUT2D eigenvalue weighted by Crippen LogP contribution is 2.31. The van der Waals surface area contributed by atoms with Crippen LogP contribution in [-0.4, -0.2) is 45.1 Å². The van der Waals surface area contributed by atoms with Crippen molar-refractivity contribution in [3.05, 3.63) is 52.2 Å². The Hall–Kier alpha value is -2.65. The van der Waals surface area contributed by atoms with Gasteiger partial charge in [0.2, 0.25) is 5.17 Å². The fourth-order valence-electron chi connectivity index (χ4n) is 3.36. The van der Waals surface area contributed by atoms with Crippen molar-refractivity contribution < 1.29 is 9.21 Å². The summed E-state index contributed by atoms with van der Waals surface area (Å²) >= 11 is 4.76. The Morgan fingerprint density at radius 1 is 1.10 bits per heavy atom. The van der Waals surface area contributed by atoms with Gasteiger partial charge in [-0.1, -0.05) is 28.1 Å². The van der Waals surface area contributed by atoms with Gasteiger partial charge in [0.1, 0.15) is 11.5 Å². The second-order valence-electron chi connectivity index (χ2n) is 6.81. The van der Waals surface area contributed by atoms with E-state index in [1.54, 1.807) is 12.1 Å². The lowest BCUT2D eigenvalue weighted by molar-refractivity contribution is -0.114. The van der Waals surface area contributed by atoms with Gasteiger partial charge in [-0.15, -0.1) is 5.10 Å². The Morgan fingerprint density at radius 2 is 1.86 bits per heavy atom. The number of amides is 1. The zero-order valence-corrected chi connectivity index (χ0v) is 17.7. The topological polar surface area (TPSA) is 85.3 Å². The molecule has 4 heterocycles. The van der Waals surface area contributed by atoms with Crippen molar-refractivity contribution in [2.24, 2.45) is 10.1 Å². The zero-order valence-electron chi connectivity index (χ0n) is 15.3. The summed E-state index contributed by atoms with van der Waals surface area (Å²) in [5.74, 6) is 0.746. The van der Waals surface area contributed by atoms with Crippen LogP contribution in [0.15, 0.2) is 61.0 Å². The molecule has 29 heavy (non-hydrogen) atoms. The number of thioether (sulfide) groups is 1. The summed E-state index contributed by atoms with van der Waals surface area (Å²) in [6, 6.07) is 11.4. The minimum atomic E-state index is -0.451. The molecule has 0 bridgehead atoms. The van der Waals surface area contributed by atoms with Crippen LogP contribution in [0.5, 0.6) is 0 Å². The van der Waals surface area contributed by atoms with Crippen LogP contribution in [0.4, 0.5) is 0 Å². The molecular formula is C20H16BrN5O2S. The Bertz CT molecular complexity index is 1100. The Balaban J connectivity index is 1.42. The highest BCUT2D eigenvalue weighted by molar-refractivity contribution is 9.10. The molecule has 0 aliphatic carbocycles. The maximum atomic E-state index is 12.5. The molecule has 1 fully saturated rings. The predicted molar refractivity (Wildman–Crippen MR) is 118 cm³/mol. The van der Waals surface area contributed by atoms with E-state index in [9.17, 15) is 4.79 Å². The number of hydrogen-bond acceptors (Lipinski definition) is 6. The van der Waals surface area contributed by atoms with E-state index in [1.807, 2.05) is 30.3 Å². The van der Waals surface area contributed by atoms with Crippen LogP contribution in [-0.2, 0) is 4.79 Å². The molecule has 1 aromatic heterocycles. The van der Waals surface area contributed by atoms with Gasteiger partial charge in [0, 0.05) is 23.1 Å². The quantitative estimate of drug-likeness (QED) is 0.659. The standard InChI is InChI=1S/C20H16BrN5O2S/c21-13-5-3-12(4-6-13)16-8-7-14(28-16)11-15-17(22)26-19(23-18(15)27)29-20(24-26)25-9-1-2-10-25/h3-8,11,22H,1-2,9-10H2/b15-11-,22-17?. The van der Waals surface area contributed by atoms with Crippen molar-refractivity contribution in [3.8, 4) is 11.3 Å². The summed E-state index contributed by atoms with van der Waals surface area (Å²) in [6.07, 6.45) is 3.82. The molecule has 3 aliphatic heterocycles. The molecule has 1 aromatic carbocycles. The number of likely N-dealkylation sites (tertiary alicyclic amines) is 1. The molecule has 1 saturated heterocycles. The van der Waals surface area contributed by atoms with Crippen LogP contribution in [0.2, 0.25) is 0 Å². The van der Waals surface area contributed by atoms with Gasteiger partial charge in [-0.25, -0.2) is 0 Å². The maximum absolute atomic E-state index is 12.5. The maximum Gasteiger partial charge on any atom is 0.283 e. The van der Waals surface area contributed by atoms with E-state index in [1.165, 1.54) is 16.8 Å². The lowest BCUT2D eigenvalue weighted by Crippen LogP contribution is -2.35. The molecule has 5 rings (SSSR count). The summed E-state index contributed by atoms with van der Waals surface area (Å²) in [6.45, 7) is 1.89. The van der Waals surface area contributed by atoms with Crippen LogP contribution in [0.1, 0.15) is 18.6 Å². The number of nitrogens with one attached hydrogen (secondary N) is 1. The first-order valence-electron chi connectivity index (χ1n) is 9.19. The second kappa shape index (κ2) is 7.31. The van der Waals surface area contributed by atoms with Crippen LogP contribution < -0.4 is 0 Å². The summed E-state index contributed by atoms with van der Waals surface area (Å²) < 4.78 is 6.85. The molecule has 1 amide bonds. The number of furan rings is 1. The molecule has 0 unspecified atom stereocenters. The Morgan fingerprint density at radius 3 is 2.62 bits per heavy atom. The number of carbonyl (C=O) groups is 1. The van der Waals surface area contributed by atoms with Crippen molar-refractivity contribution in [3.63, 3.8) is 0 Å². The lowest BCUT2D eigenvalue weighted by atomic mass is 10.1. The third-order valence-corrected chi connectivity index (χ3v) is 6.36. The molecule has 9 heteroatoms. The minimum absolute atomic E-state index is 0.0169. The van der Waals surface area contributed by atoms with Crippen molar-refractivity contribution in [1.82, 2.24) is 9.91 Å². The van der Waals surface area contributed by atoms with Gasteiger partial charge in [0.25, 0.3) is 5.91 Å².